The molecule has 0 saturated carbocycles. The molecule has 0 aliphatic carbocycles. The van der Waals surface area contributed by atoms with Gasteiger partial charge in [-0.25, -0.2) is 0 Å². The van der Waals surface area contributed by atoms with Crippen molar-refractivity contribution in [2.24, 2.45) is 5.92 Å². The predicted octanol–water partition coefficient (Wildman–Crippen LogP) is 4.53. The van der Waals surface area contributed by atoms with E-state index in [9.17, 15) is 4.79 Å². The van der Waals surface area contributed by atoms with Crippen molar-refractivity contribution in [1.82, 2.24) is 5.32 Å². The number of methoxy groups -OCH3 is 1. The van der Waals surface area contributed by atoms with Gasteiger partial charge in [0.05, 0.1) is 12.5 Å². The zero-order chi connectivity index (χ0) is 21.2. The Morgan fingerprint density at radius 1 is 1.07 bits per heavy atom. The summed E-state index contributed by atoms with van der Waals surface area (Å²) in [5, 5.41) is 6.05. The Morgan fingerprint density at radius 3 is 2.45 bits per heavy atom. The molecule has 0 spiro atoms. The van der Waals surface area contributed by atoms with Crippen LogP contribution in [0, 0.1) is 5.92 Å². The van der Waals surface area contributed by atoms with Gasteiger partial charge in [-0.2, -0.15) is 0 Å². The lowest BCUT2D eigenvalue weighted by molar-refractivity contribution is -0.120. The Morgan fingerprint density at radius 2 is 1.79 bits per heavy atom. The summed E-state index contributed by atoms with van der Waals surface area (Å²) in [6.45, 7) is 7.25. The molecule has 2 rings (SSSR count). The van der Waals surface area contributed by atoms with E-state index in [1.54, 1.807) is 7.11 Å². The minimum absolute atomic E-state index is 0.147. The van der Waals surface area contributed by atoms with E-state index in [0.717, 1.165) is 17.7 Å². The molecule has 2 N–H and O–H groups in total. The molecule has 0 bridgehead atoms. The maximum atomic E-state index is 12.6. The Bertz CT molecular complexity index is 806. The molecule has 2 aromatic carbocycles. The molecule has 1 unspecified atom stereocenters. The van der Waals surface area contributed by atoms with E-state index < -0.39 is 0 Å². The van der Waals surface area contributed by atoms with Gasteiger partial charge in [0.15, 0.2) is 5.11 Å². The quantitative estimate of drug-likeness (QED) is 0.466. The summed E-state index contributed by atoms with van der Waals surface area (Å²) in [4.78, 5) is 12.6. The van der Waals surface area contributed by atoms with Gasteiger partial charge < -0.3 is 20.1 Å². The van der Waals surface area contributed by atoms with Crippen molar-refractivity contribution in [3.63, 3.8) is 0 Å². The molecule has 0 radical (unpaired) electrons. The molecule has 0 aliphatic rings. The first-order valence-electron chi connectivity index (χ1n) is 9.81. The largest absolute Gasteiger partial charge is 0.491 e. The number of nitrogens with one attached hydrogen (secondary N) is 2. The van der Waals surface area contributed by atoms with Crippen LogP contribution in [0.15, 0.2) is 48.5 Å². The normalized spacial score (nSPS) is 11.8. The summed E-state index contributed by atoms with van der Waals surface area (Å²) in [5.41, 5.74) is 2.99. The maximum absolute atomic E-state index is 12.6. The van der Waals surface area contributed by atoms with E-state index in [4.69, 9.17) is 21.7 Å². The van der Waals surface area contributed by atoms with Crippen LogP contribution in [0.1, 0.15) is 37.8 Å². The van der Waals surface area contributed by atoms with Crippen molar-refractivity contribution in [2.45, 2.75) is 33.1 Å². The minimum atomic E-state index is -0.299. The summed E-state index contributed by atoms with van der Waals surface area (Å²) in [6, 6.07) is 15.6. The Kier molecular flexibility index (Phi) is 9.09. The van der Waals surface area contributed by atoms with Gasteiger partial charge in [-0.1, -0.05) is 44.2 Å². The fourth-order valence-corrected chi connectivity index (χ4v) is 3.07. The second kappa shape index (κ2) is 11.5. The highest BCUT2D eigenvalue weighted by Gasteiger charge is 2.16. The lowest BCUT2D eigenvalue weighted by Crippen LogP contribution is -2.36. The van der Waals surface area contributed by atoms with Crippen LogP contribution in [0.2, 0.25) is 0 Å². The lowest BCUT2D eigenvalue weighted by Gasteiger charge is -2.15. The van der Waals surface area contributed by atoms with Crippen molar-refractivity contribution in [3.05, 3.63) is 59.7 Å². The SMILES string of the molecule is COCCOc1cccc(NC(=S)NC(=O)C(C)c2ccc(CC(C)C)cc2)c1. The third-order valence-electron chi connectivity index (χ3n) is 4.40. The van der Waals surface area contributed by atoms with Crippen LogP contribution in [0.5, 0.6) is 5.75 Å². The molecule has 2 aromatic rings. The summed E-state index contributed by atoms with van der Waals surface area (Å²) < 4.78 is 10.6. The first-order chi connectivity index (χ1) is 13.9. The van der Waals surface area contributed by atoms with Gasteiger partial charge in [-0.05, 0) is 54.7 Å². The lowest BCUT2D eigenvalue weighted by atomic mass is 9.96. The van der Waals surface area contributed by atoms with E-state index in [1.165, 1.54) is 5.56 Å². The van der Waals surface area contributed by atoms with Crippen LogP contribution in [-0.2, 0) is 16.0 Å². The number of carbonyl (C=O) groups is 1. The molecule has 1 atom stereocenters. The third kappa shape index (κ3) is 7.83. The number of anilines is 1. The zero-order valence-corrected chi connectivity index (χ0v) is 18.3. The number of hydrogen-bond acceptors (Lipinski definition) is 4. The molecule has 0 saturated heterocycles. The Hall–Kier alpha value is -2.44. The number of rotatable bonds is 9. The molecular weight excluding hydrogens is 384 g/mol. The standard InChI is InChI=1S/C23H30N2O3S/c1-16(2)14-18-8-10-19(11-9-18)17(3)22(26)25-23(29)24-20-6-5-7-21(15-20)28-13-12-27-4/h5-11,15-17H,12-14H2,1-4H3,(H2,24,25,26,29). The van der Waals surface area contributed by atoms with Gasteiger partial charge in [-0.3, -0.25) is 4.79 Å². The summed E-state index contributed by atoms with van der Waals surface area (Å²) in [5.74, 6) is 0.864. The van der Waals surface area contributed by atoms with Gasteiger partial charge in [0.25, 0.3) is 0 Å². The number of carbonyl (C=O) groups excluding carboxylic acids is 1. The van der Waals surface area contributed by atoms with E-state index in [2.05, 4.69) is 36.6 Å². The molecule has 0 heterocycles. The van der Waals surface area contributed by atoms with Gasteiger partial charge in [0.1, 0.15) is 12.4 Å². The first-order valence-corrected chi connectivity index (χ1v) is 10.2. The van der Waals surface area contributed by atoms with Crippen molar-refractivity contribution in [1.29, 1.82) is 0 Å². The number of thiocarbonyl (C=S) groups is 1. The molecule has 0 fully saturated rings. The molecule has 0 aromatic heterocycles. The molecule has 29 heavy (non-hydrogen) atoms. The number of benzene rings is 2. The van der Waals surface area contributed by atoms with Crippen LogP contribution in [-0.4, -0.2) is 31.3 Å². The van der Waals surface area contributed by atoms with Crippen LogP contribution in [0.3, 0.4) is 0 Å². The van der Waals surface area contributed by atoms with Crippen LogP contribution in [0.4, 0.5) is 5.69 Å². The Balaban J connectivity index is 1.89. The second-order valence-corrected chi connectivity index (χ2v) is 7.78. The molecule has 0 aliphatic heterocycles. The van der Waals surface area contributed by atoms with Crippen molar-refractivity contribution >= 4 is 28.9 Å². The second-order valence-electron chi connectivity index (χ2n) is 7.37. The summed E-state index contributed by atoms with van der Waals surface area (Å²) in [7, 11) is 1.63. The van der Waals surface area contributed by atoms with Gasteiger partial charge in [0, 0.05) is 18.9 Å². The van der Waals surface area contributed by atoms with Crippen molar-refractivity contribution in [2.75, 3.05) is 25.6 Å². The minimum Gasteiger partial charge on any atom is -0.491 e. The fourth-order valence-electron chi connectivity index (χ4n) is 2.85. The van der Waals surface area contributed by atoms with Crippen LogP contribution in [0.25, 0.3) is 0 Å². The fraction of sp³-hybridized carbons (Fsp3) is 0.391. The van der Waals surface area contributed by atoms with Gasteiger partial charge in [-0.15, -0.1) is 0 Å². The number of ether oxygens (including phenoxy) is 2. The predicted molar refractivity (Wildman–Crippen MR) is 122 cm³/mol. The van der Waals surface area contributed by atoms with Crippen LogP contribution < -0.4 is 15.4 Å². The first kappa shape index (κ1) is 22.8. The highest BCUT2D eigenvalue weighted by atomic mass is 32.1. The van der Waals surface area contributed by atoms with Gasteiger partial charge >= 0.3 is 0 Å². The van der Waals surface area contributed by atoms with E-state index in [1.807, 2.05) is 43.3 Å². The smallest absolute Gasteiger partial charge is 0.233 e. The summed E-state index contributed by atoms with van der Waals surface area (Å²) >= 11 is 5.30. The third-order valence-corrected chi connectivity index (χ3v) is 4.61. The average molecular weight is 415 g/mol. The molecule has 156 valence electrons. The van der Waals surface area contributed by atoms with E-state index in [0.29, 0.717) is 24.9 Å². The van der Waals surface area contributed by atoms with E-state index >= 15 is 0 Å². The average Bonchev–Trinajstić information content (AvgIpc) is 2.68. The molecule has 5 nitrogen and oxygen atoms in total. The van der Waals surface area contributed by atoms with Crippen LogP contribution >= 0.6 is 12.2 Å². The zero-order valence-electron chi connectivity index (χ0n) is 17.5. The Labute approximate surface area is 178 Å². The molecule has 1 amide bonds. The summed E-state index contributed by atoms with van der Waals surface area (Å²) in [6.07, 6.45) is 1.03. The topological polar surface area (TPSA) is 59.6 Å². The number of hydrogen-bond donors (Lipinski definition) is 2. The van der Waals surface area contributed by atoms with Crippen molar-refractivity contribution in [3.8, 4) is 5.75 Å². The van der Waals surface area contributed by atoms with Gasteiger partial charge in [0.2, 0.25) is 5.91 Å². The molecule has 6 heteroatoms. The highest BCUT2D eigenvalue weighted by molar-refractivity contribution is 7.80. The number of amides is 1. The molecular formula is C23H30N2O3S. The monoisotopic (exact) mass is 414 g/mol. The van der Waals surface area contributed by atoms with Crippen molar-refractivity contribution < 1.29 is 14.3 Å². The van der Waals surface area contributed by atoms with E-state index in [-0.39, 0.29) is 16.9 Å². The highest BCUT2D eigenvalue weighted by Crippen LogP contribution is 2.19. The maximum Gasteiger partial charge on any atom is 0.233 e.